The molecule has 0 radical (unpaired) electrons. The van der Waals surface area contributed by atoms with E-state index in [1.807, 2.05) is 12.1 Å². The van der Waals surface area contributed by atoms with Gasteiger partial charge in [-0.25, -0.2) is 0 Å². The second-order valence-electron chi connectivity index (χ2n) is 6.51. The smallest absolute Gasteiger partial charge is 0.255 e. The van der Waals surface area contributed by atoms with Crippen LogP contribution in [0.2, 0.25) is 0 Å². The molecule has 0 bridgehead atoms. The standard InChI is InChI=1S/C18H24N4O3/c19-9-2-1-3-10-20-14-6-4-5-12-13(14)11-22(18(12)25)15-7-8-16(23)21-17(15)24/h4-6,15,20H,1-3,7-11,19H2,(H,21,23,24). The fourth-order valence-corrected chi connectivity index (χ4v) is 3.42. The number of hydrogen-bond acceptors (Lipinski definition) is 5. The fraction of sp³-hybridized carbons (Fsp3) is 0.500. The Hall–Kier alpha value is -2.41. The molecule has 7 heteroatoms. The van der Waals surface area contributed by atoms with Gasteiger partial charge in [-0.3, -0.25) is 19.7 Å². The molecule has 2 aliphatic heterocycles. The van der Waals surface area contributed by atoms with Crippen LogP contribution in [0.25, 0.3) is 0 Å². The van der Waals surface area contributed by atoms with Crippen molar-refractivity contribution in [2.45, 2.75) is 44.7 Å². The minimum atomic E-state index is -0.574. The van der Waals surface area contributed by atoms with Gasteiger partial charge in [-0.1, -0.05) is 12.5 Å². The van der Waals surface area contributed by atoms with Crippen molar-refractivity contribution in [1.82, 2.24) is 10.2 Å². The fourth-order valence-electron chi connectivity index (χ4n) is 3.42. The molecule has 0 saturated carbocycles. The lowest BCUT2D eigenvalue weighted by Gasteiger charge is -2.29. The highest BCUT2D eigenvalue weighted by Crippen LogP contribution is 2.32. The summed E-state index contributed by atoms with van der Waals surface area (Å²) in [5.74, 6) is -0.796. The summed E-state index contributed by atoms with van der Waals surface area (Å²) in [6, 6.07) is 5.04. The summed E-state index contributed by atoms with van der Waals surface area (Å²) >= 11 is 0. The molecule has 4 N–H and O–H groups in total. The zero-order valence-electron chi connectivity index (χ0n) is 14.2. The van der Waals surface area contributed by atoms with E-state index in [1.165, 1.54) is 0 Å². The van der Waals surface area contributed by atoms with Crippen LogP contribution in [0.4, 0.5) is 5.69 Å². The first-order valence-corrected chi connectivity index (χ1v) is 8.82. The van der Waals surface area contributed by atoms with Crippen LogP contribution in [0.15, 0.2) is 18.2 Å². The number of piperidine rings is 1. The van der Waals surface area contributed by atoms with E-state index in [1.54, 1.807) is 11.0 Å². The van der Waals surface area contributed by atoms with E-state index in [2.05, 4.69) is 10.6 Å². The van der Waals surface area contributed by atoms with Gasteiger partial charge in [0.25, 0.3) is 5.91 Å². The minimum Gasteiger partial charge on any atom is -0.385 e. The van der Waals surface area contributed by atoms with Crippen LogP contribution in [0.5, 0.6) is 0 Å². The Morgan fingerprint density at radius 3 is 2.80 bits per heavy atom. The molecule has 25 heavy (non-hydrogen) atoms. The maximum Gasteiger partial charge on any atom is 0.255 e. The number of carbonyl (C=O) groups is 3. The van der Waals surface area contributed by atoms with Crippen LogP contribution < -0.4 is 16.4 Å². The molecule has 1 saturated heterocycles. The molecule has 1 unspecified atom stereocenters. The lowest BCUT2D eigenvalue weighted by atomic mass is 10.0. The number of fused-ring (bicyclic) bond motifs is 1. The third kappa shape index (κ3) is 3.66. The van der Waals surface area contributed by atoms with Gasteiger partial charge in [0.05, 0.1) is 0 Å². The summed E-state index contributed by atoms with van der Waals surface area (Å²) in [6.07, 6.45) is 3.75. The van der Waals surface area contributed by atoms with Crippen LogP contribution >= 0.6 is 0 Å². The Labute approximate surface area is 146 Å². The number of nitrogens with two attached hydrogens (primary N) is 1. The number of nitrogens with one attached hydrogen (secondary N) is 2. The second kappa shape index (κ2) is 7.65. The Balaban J connectivity index is 1.69. The summed E-state index contributed by atoms with van der Waals surface area (Å²) in [5, 5.41) is 5.72. The molecule has 0 spiro atoms. The summed E-state index contributed by atoms with van der Waals surface area (Å²) in [7, 11) is 0. The quantitative estimate of drug-likeness (QED) is 0.505. The predicted octanol–water partition coefficient (Wildman–Crippen LogP) is 0.988. The molecule has 1 aromatic rings. The molecule has 0 aromatic heterocycles. The zero-order valence-corrected chi connectivity index (χ0v) is 14.2. The molecule has 1 fully saturated rings. The SMILES string of the molecule is NCCCCCNc1cccc2c1CN(C1CCC(=O)NC1=O)C2=O. The van der Waals surface area contributed by atoms with E-state index >= 15 is 0 Å². The van der Waals surface area contributed by atoms with Crippen molar-refractivity contribution < 1.29 is 14.4 Å². The average Bonchev–Trinajstić information content (AvgIpc) is 2.92. The molecule has 2 heterocycles. The van der Waals surface area contributed by atoms with E-state index in [4.69, 9.17) is 5.73 Å². The highest BCUT2D eigenvalue weighted by molar-refractivity contribution is 6.06. The van der Waals surface area contributed by atoms with Crippen molar-refractivity contribution in [1.29, 1.82) is 0 Å². The molecular formula is C18H24N4O3. The molecule has 134 valence electrons. The van der Waals surface area contributed by atoms with Gasteiger partial charge >= 0.3 is 0 Å². The van der Waals surface area contributed by atoms with Gasteiger partial charge in [0.15, 0.2) is 0 Å². The monoisotopic (exact) mass is 344 g/mol. The third-order valence-electron chi connectivity index (χ3n) is 4.78. The number of benzene rings is 1. The van der Waals surface area contributed by atoms with Gasteiger partial charge in [-0.2, -0.15) is 0 Å². The lowest BCUT2D eigenvalue weighted by molar-refractivity contribution is -0.136. The normalized spacial score (nSPS) is 19.8. The van der Waals surface area contributed by atoms with Crippen molar-refractivity contribution in [2.24, 2.45) is 5.73 Å². The maximum absolute atomic E-state index is 12.7. The van der Waals surface area contributed by atoms with Gasteiger partial charge in [0, 0.05) is 36.3 Å². The summed E-state index contributed by atoms with van der Waals surface area (Å²) < 4.78 is 0. The Morgan fingerprint density at radius 1 is 1.20 bits per heavy atom. The zero-order chi connectivity index (χ0) is 17.8. The summed E-state index contributed by atoms with van der Waals surface area (Å²) in [6.45, 7) is 1.92. The van der Waals surface area contributed by atoms with Crippen molar-refractivity contribution in [2.75, 3.05) is 18.4 Å². The van der Waals surface area contributed by atoms with Crippen molar-refractivity contribution in [3.63, 3.8) is 0 Å². The number of imide groups is 1. The number of hydrogen-bond donors (Lipinski definition) is 3. The molecular weight excluding hydrogens is 320 g/mol. The number of amides is 3. The average molecular weight is 344 g/mol. The van der Waals surface area contributed by atoms with Gasteiger partial charge in [-0.05, 0) is 37.9 Å². The Morgan fingerprint density at radius 2 is 2.04 bits per heavy atom. The largest absolute Gasteiger partial charge is 0.385 e. The maximum atomic E-state index is 12.7. The first kappa shape index (κ1) is 17.4. The minimum absolute atomic E-state index is 0.142. The van der Waals surface area contributed by atoms with Crippen LogP contribution in [0.1, 0.15) is 48.0 Å². The number of unbranched alkanes of at least 4 members (excludes halogenated alkanes) is 2. The van der Waals surface area contributed by atoms with E-state index in [9.17, 15) is 14.4 Å². The van der Waals surface area contributed by atoms with Crippen LogP contribution in [0.3, 0.4) is 0 Å². The molecule has 7 nitrogen and oxygen atoms in total. The first-order chi connectivity index (χ1) is 12.1. The number of rotatable bonds is 7. The van der Waals surface area contributed by atoms with E-state index in [0.717, 1.165) is 37.1 Å². The second-order valence-corrected chi connectivity index (χ2v) is 6.51. The van der Waals surface area contributed by atoms with E-state index < -0.39 is 6.04 Å². The number of anilines is 1. The van der Waals surface area contributed by atoms with E-state index in [0.29, 0.717) is 25.1 Å². The molecule has 3 amide bonds. The van der Waals surface area contributed by atoms with Gasteiger partial charge in [0.1, 0.15) is 6.04 Å². The van der Waals surface area contributed by atoms with Crippen LogP contribution in [-0.2, 0) is 16.1 Å². The third-order valence-corrected chi connectivity index (χ3v) is 4.78. The van der Waals surface area contributed by atoms with Gasteiger partial charge in [0.2, 0.25) is 11.8 Å². The van der Waals surface area contributed by atoms with Gasteiger partial charge < -0.3 is 16.0 Å². The molecule has 3 rings (SSSR count). The van der Waals surface area contributed by atoms with Crippen LogP contribution in [-0.4, -0.2) is 41.8 Å². The Kier molecular flexibility index (Phi) is 5.33. The Bertz CT molecular complexity index is 689. The topological polar surface area (TPSA) is 105 Å². The number of carbonyl (C=O) groups excluding carboxylic acids is 3. The van der Waals surface area contributed by atoms with Crippen molar-refractivity contribution in [3.8, 4) is 0 Å². The van der Waals surface area contributed by atoms with Crippen molar-refractivity contribution in [3.05, 3.63) is 29.3 Å². The molecule has 1 aromatic carbocycles. The molecule has 2 aliphatic rings. The first-order valence-electron chi connectivity index (χ1n) is 8.82. The lowest BCUT2D eigenvalue weighted by Crippen LogP contribution is -2.52. The highest BCUT2D eigenvalue weighted by Gasteiger charge is 2.39. The highest BCUT2D eigenvalue weighted by atomic mass is 16.2. The molecule has 1 atom stereocenters. The summed E-state index contributed by atoms with van der Waals surface area (Å²) in [4.78, 5) is 37.7. The van der Waals surface area contributed by atoms with Crippen molar-refractivity contribution >= 4 is 23.4 Å². The number of nitrogens with zero attached hydrogens (tertiary/aromatic N) is 1. The van der Waals surface area contributed by atoms with Crippen LogP contribution in [0, 0.1) is 0 Å². The predicted molar refractivity (Wildman–Crippen MR) is 93.9 cm³/mol. The summed E-state index contributed by atoms with van der Waals surface area (Å²) in [5.41, 5.74) is 8.00. The van der Waals surface area contributed by atoms with Gasteiger partial charge in [-0.15, -0.1) is 0 Å². The molecule has 0 aliphatic carbocycles. The van der Waals surface area contributed by atoms with E-state index in [-0.39, 0.29) is 24.1 Å².